The molecule has 2 nitrogen and oxygen atoms in total. The van der Waals surface area contributed by atoms with Crippen molar-refractivity contribution in [1.29, 1.82) is 0 Å². The summed E-state index contributed by atoms with van der Waals surface area (Å²) in [6, 6.07) is 10.0. The number of aryl methyl sites for hydroxylation is 1. The molecule has 0 saturated carbocycles. The molecule has 1 heterocycles. The molecule has 1 N–H and O–H groups in total. The molecule has 0 saturated heterocycles. The second-order valence-electron chi connectivity index (χ2n) is 4.60. The molecular formula is C15H16F3NOS. The van der Waals surface area contributed by atoms with Crippen LogP contribution in [-0.4, -0.2) is 6.36 Å². The first-order valence-corrected chi connectivity index (χ1v) is 7.40. The number of halogens is 3. The fraction of sp³-hybridized carbons (Fsp3) is 0.333. The van der Waals surface area contributed by atoms with Crippen molar-refractivity contribution >= 4 is 17.0 Å². The fourth-order valence-electron chi connectivity index (χ4n) is 1.89. The summed E-state index contributed by atoms with van der Waals surface area (Å²) in [4.78, 5) is 2.51. The lowest BCUT2D eigenvalue weighted by molar-refractivity contribution is -0.274. The third kappa shape index (κ3) is 4.67. The molecule has 2 aromatic rings. The van der Waals surface area contributed by atoms with Crippen LogP contribution in [0.4, 0.5) is 18.9 Å². The van der Waals surface area contributed by atoms with Gasteiger partial charge in [0.25, 0.3) is 0 Å². The minimum atomic E-state index is -4.66. The standard InChI is InChI=1S/C15H16F3NOS/c1-3-13-8-9-14(21-13)10(2)19-11-4-6-12(7-5-11)20-15(16,17)18/h4-10,19H,3H2,1-2H3. The number of hydrogen-bond acceptors (Lipinski definition) is 3. The summed E-state index contributed by atoms with van der Waals surface area (Å²) in [7, 11) is 0. The van der Waals surface area contributed by atoms with E-state index in [1.807, 2.05) is 6.92 Å². The Balaban J connectivity index is 1.99. The SMILES string of the molecule is CCc1ccc(C(C)Nc2ccc(OC(F)(F)F)cc2)s1. The Hall–Kier alpha value is -1.69. The van der Waals surface area contributed by atoms with Gasteiger partial charge in [0.05, 0.1) is 6.04 Å². The molecule has 1 unspecified atom stereocenters. The second-order valence-corrected chi connectivity index (χ2v) is 5.80. The van der Waals surface area contributed by atoms with E-state index in [-0.39, 0.29) is 11.8 Å². The quantitative estimate of drug-likeness (QED) is 0.799. The van der Waals surface area contributed by atoms with Crippen molar-refractivity contribution in [2.24, 2.45) is 0 Å². The van der Waals surface area contributed by atoms with E-state index in [4.69, 9.17) is 0 Å². The Morgan fingerprint density at radius 3 is 2.33 bits per heavy atom. The lowest BCUT2D eigenvalue weighted by Crippen LogP contribution is -2.17. The lowest BCUT2D eigenvalue weighted by atomic mass is 10.2. The molecule has 1 aromatic heterocycles. The van der Waals surface area contributed by atoms with Crippen LogP contribution >= 0.6 is 11.3 Å². The van der Waals surface area contributed by atoms with E-state index in [0.717, 1.165) is 12.1 Å². The van der Waals surface area contributed by atoms with Crippen LogP contribution in [0.2, 0.25) is 0 Å². The van der Waals surface area contributed by atoms with Gasteiger partial charge in [-0.15, -0.1) is 24.5 Å². The molecule has 0 amide bonds. The minimum absolute atomic E-state index is 0.102. The maximum atomic E-state index is 12.1. The van der Waals surface area contributed by atoms with Crippen LogP contribution < -0.4 is 10.1 Å². The van der Waals surface area contributed by atoms with Crippen LogP contribution in [0.15, 0.2) is 36.4 Å². The number of alkyl halides is 3. The number of anilines is 1. The molecule has 1 atom stereocenters. The molecular weight excluding hydrogens is 299 g/mol. The maximum Gasteiger partial charge on any atom is 0.573 e. The van der Waals surface area contributed by atoms with Crippen LogP contribution in [0.25, 0.3) is 0 Å². The van der Waals surface area contributed by atoms with Gasteiger partial charge in [-0.1, -0.05) is 6.92 Å². The van der Waals surface area contributed by atoms with Gasteiger partial charge in [0, 0.05) is 15.4 Å². The first-order valence-electron chi connectivity index (χ1n) is 6.58. The minimum Gasteiger partial charge on any atom is -0.406 e. The van der Waals surface area contributed by atoms with Gasteiger partial charge in [0.2, 0.25) is 0 Å². The van der Waals surface area contributed by atoms with Crippen molar-refractivity contribution in [2.45, 2.75) is 32.7 Å². The van der Waals surface area contributed by atoms with Gasteiger partial charge < -0.3 is 10.1 Å². The topological polar surface area (TPSA) is 21.3 Å². The summed E-state index contributed by atoms with van der Waals surface area (Å²) < 4.78 is 40.1. The normalized spacial score (nSPS) is 13.0. The molecule has 114 valence electrons. The Morgan fingerprint density at radius 1 is 1.14 bits per heavy atom. The number of nitrogens with one attached hydrogen (secondary N) is 1. The molecule has 21 heavy (non-hydrogen) atoms. The number of hydrogen-bond donors (Lipinski definition) is 1. The smallest absolute Gasteiger partial charge is 0.406 e. The first-order chi connectivity index (χ1) is 9.87. The van der Waals surface area contributed by atoms with E-state index >= 15 is 0 Å². The lowest BCUT2D eigenvalue weighted by Gasteiger charge is -2.14. The molecule has 0 fully saturated rings. The van der Waals surface area contributed by atoms with E-state index in [1.54, 1.807) is 23.5 Å². The molecule has 0 radical (unpaired) electrons. The van der Waals surface area contributed by atoms with Crippen molar-refractivity contribution in [2.75, 3.05) is 5.32 Å². The predicted molar refractivity (Wildman–Crippen MR) is 78.9 cm³/mol. The number of thiophene rings is 1. The molecule has 6 heteroatoms. The van der Waals surface area contributed by atoms with Crippen LogP contribution in [-0.2, 0) is 6.42 Å². The van der Waals surface area contributed by atoms with Gasteiger partial charge in [-0.25, -0.2) is 0 Å². The number of benzene rings is 1. The van der Waals surface area contributed by atoms with E-state index in [9.17, 15) is 13.2 Å². The summed E-state index contributed by atoms with van der Waals surface area (Å²) in [5.41, 5.74) is 0.753. The van der Waals surface area contributed by atoms with Crippen molar-refractivity contribution in [3.63, 3.8) is 0 Å². The van der Waals surface area contributed by atoms with Gasteiger partial charge in [-0.05, 0) is 49.7 Å². The third-order valence-corrected chi connectivity index (χ3v) is 4.34. The monoisotopic (exact) mass is 315 g/mol. The van der Waals surface area contributed by atoms with Crippen molar-refractivity contribution in [3.05, 3.63) is 46.2 Å². The number of rotatable bonds is 5. The highest BCUT2D eigenvalue weighted by atomic mass is 32.1. The van der Waals surface area contributed by atoms with Crippen molar-refractivity contribution in [1.82, 2.24) is 0 Å². The molecule has 1 aromatic carbocycles. The Labute approximate surface area is 125 Å². The summed E-state index contributed by atoms with van der Waals surface area (Å²) in [6.07, 6.45) is -3.66. The summed E-state index contributed by atoms with van der Waals surface area (Å²) >= 11 is 1.74. The van der Waals surface area contributed by atoms with E-state index in [1.165, 1.54) is 21.9 Å². The Kier molecular flexibility index (Phi) is 4.77. The van der Waals surface area contributed by atoms with Crippen LogP contribution in [0, 0.1) is 0 Å². The zero-order chi connectivity index (χ0) is 15.5. The predicted octanol–water partition coefficient (Wildman–Crippen LogP) is 5.38. The highest BCUT2D eigenvalue weighted by molar-refractivity contribution is 7.12. The van der Waals surface area contributed by atoms with Gasteiger partial charge in [-0.2, -0.15) is 0 Å². The van der Waals surface area contributed by atoms with Gasteiger partial charge in [0.1, 0.15) is 5.75 Å². The maximum absolute atomic E-state index is 12.1. The van der Waals surface area contributed by atoms with E-state index in [2.05, 4.69) is 29.1 Å². The van der Waals surface area contributed by atoms with E-state index < -0.39 is 6.36 Å². The summed E-state index contributed by atoms with van der Waals surface area (Å²) in [5.74, 6) is -0.218. The zero-order valence-electron chi connectivity index (χ0n) is 11.7. The zero-order valence-corrected chi connectivity index (χ0v) is 12.5. The highest BCUT2D eigenvalue weighted by Gasteiger charge is 2.30. The van der Waals surface area contributed by atoms with Gasteiger partial charge in [-0.3, -0.25) is 0 Å². The molecule has 2 rings (SSSR count). The Bertz CT molecular complexity index is 577. The molecule has 0 aliphatic heterocycles. The Morgan fingerprint density at radius 2 is 1.81 bits per heavy atom. The highest BCUT2D eigenvalue weighted by Crippen LogP contribution is 2.28. The van der Waals surface area contributed by atoms with Gasteiger partial charge in [0.15, 0.2) is 0 Å². The van der Waals surface area contributed by atoms with E-state index in [0.29, 0.717) is 0 Å². The van der Waals surface area contributed by atoms with Crippen LogP contribution in [0.3, 0.4) is 0 Å². The fourth-order valence-corrected chi connectivity index (χ4v) is 2.85. The molecule has 0 bridgehead atoms. The average molecular weight is 315 g/mol. The largest absolute Gasteiger partial charge is 0.573 e. The van der Waals surface area contributed by atoms with Crippen LogP contribution in [0.1, 0.15) is 29.6 Å². The van der Waals surface area contributed by atoms with Crippen molar-refractivity contribution in [3.8, 4) is 5.75 Å². The second kappa shape index (κ2) is 6.39. The molecule has 0 spiro atoms. The van der Waals surface area contributed by atoms with Crippen LogP contribution in [0.5, 0.6) is 5.75 Å². The average Bonchev–Trinajstić information content (AvgIpc) is 2.88. The van der Waals surface area contributed by atoms with Gasteiger partial charge >= 0.3 is 6.36 Å². The molecule has 0 aliphatic rings. The first kappa shape index (κ1) is 15.7. The summed E-state index contributed by atoms with van der Waals surface area (Å²) in [5, 5.41) is 3.26. The number of ether oxygens (including phenoxy) is 1. The third-order valence-electron chi connectivity index (χ3n) is 2.93. The molecule has 0 aliphatic carbocycles. The van der Waals surface area contributed by atoms with Crippen molar-refractivity contribution < 1.29 is 17.9 Å². The summed E-state index contributed by atoms with van der Waals surface area (Å²) in [6.45, 7) is 4.12.